The van der Waals surface area contributed by atoms with Crippen molar-refractivity contribution in [1.29, 1.82) is 0 Å². The van der Waals surface area contributed by atoms with Crippen LogP contribution < -0.4 is 11.1 Å². The van der Waals surface area contributed by atoms with E-state index in [0.29, 0.717) is 6.42 Å². The maximum Gasteiger partial charge on any atom is 0.224 e. The van der Waals surface area contributed by atoms with Crippen LogP contribution in [0.5, 0.6) is 0 Å². The molecule has 2 aromatic carbocycles. The first-order valence-corrected chi connectivity index (χ1v) is 8.41. The lowest BCUT2D eigenvalue weighted by atomic mass is 10.0. The number of carbonyl (C=O) groups excluding carboxylic acids is 1. The van der Waals surface area contributed by atoms with E-state index in [2.05, 4.69) is 23.5 Å². The Hall–Kier alpha value is -1.84. The molecule has 0 bridgehead atoms. The number of anilines is 1. The maximum atomic E-state index is 12.1. The Morgan fingerprint density at radius 1 is 0.875 bits per heavy atom. The minimum Gasteiger partial charge on any atom is -0.330 e. The summed E-state index contributed by atoms with van der Waals surface area (Å²) in [4.78, 5) is 12.1. The summed E-state index contributed by atoms with van der Waals surface area (Å²) in [6, 6.07) is 18.3. The van der Waals surface area contributed by atoms with Gasteiger partial charge in [0.05, 0.1) is 0 Å². The average molecular weight is 347 g/mol. The van der Waals surface area contributed by atoms with Crippen molar-refractivity contribution in [2.24, 2.45) is 5.73 Å². The van der Waals surface area contributed by atoms with Gasteiger partial charge in [-0.2, -0.15) is 0 Å². The molecule has 24 heavy (non-hydrogen) atoms. The van der Waals surface area contributed by atoms with E-state index in [1.165, 1.54) is 5.56 Å². The molecule has 4 heteroatoms. The molecule has 0 aromatic heterocycles. The van der Waals surface area contributed by atoms with Crippen LogP contribution >= 0.6 is 12.4 Å². The number of nitrogens with one attached hydrogen (secondary N) is 1. The van der Waals surface area contributed by atoms with Crippen molar-refractivity contribution in [3.05, 3.63) is 65.7 Å². The number of para-hydroxylation sites is 1. The first kappa shape index (κ1) is 20.2. The molecular weight excluding hydrogens is 320 g/mol. The van der Waals surface area contributed by atoms with Crippen LogP contribution in [0.25, 0.3) is 0 Å². The van der Waals surface area contributed by atoms with Crippen molar-refractivity contribution in [1.82, 2.24) is 0 Å². The summed E-state index contributed by atoms with van der Waals surface area (Å²) in [5, 5.41) is 3.06. The van der Waals surface area contributed by atoms with Crippen molar-refractivity contribution < 1.29 is 4.79 Å². The molecule has 2 aromatic rings. The Kier molecular flexibility index (Phi) is 9.81. The highest BCUT2D eigenvalue weighted by Crippen LogP contribution is 2.19. The standard InChI is InChI=1S/C20H26N2O.ClH/c21-15-9-2-1-6-14-20(23)22-19-13-8-7-12-18(19)16-17-10-4-3-5-11-17;/h3-5,7-8,10-13H,1-2,6,9,14-16,21H2,(H,22,23);1H. The monoisotopic (exact) mass is 346 g/mol. The van der Waals surface area contributed by atoms with Crippen LogP contribution in [0.15, 0.2) is 54.6 Å². The van der Waals surface area contributed by atoms with Gasteiger partial charge < -0.3 is 11.1 Å². The molecule has 1 amide bonds. The third kappa shape index (κ3) is 7.16. The van der Waals surface area contributed by atoms with Crippen LogP contribution in [0.4, 0.5) is 5.69 Å². The van der Waals surface area contributed by atoms with Gasteiger partial charge in [0.25, 0.3) is 0 Å². The zero-order chi connectivity index (χ0) is 16.3. The van der Waals surface area contributed by atoms with Gasteiger partial charge in [-0.1, -0.05) is 61.4 Å². The lowest BCUT2D eigenvalue weighted by Crippen LogP contribution is -2.12. The first-order valence-electron chi connectivity index (χ1n) is 8.41. The predicted octanol–water partition coefficient (Wildman–Crippen LogP) is 4.55. The number of amides is 1. The summed E-state index contributed by atoms with van der Waals surface area (Å²) in [6.07, 6.45) is 5.54. The minimum absolute atomic E-state index is 0. The number of benzene rings is 2. The van der Waals surface area contributed by atoms with Gasteiger partial charge in [0, 0.05) is 12.1 Å². The highest BCUT2D eigenvalue weighted by molar-refractivity contribution is 5.91. The van der Waals surface area contributed by atoms with E-state index < -0.39 is 0 Å². The second-order valence-corrected chi connectivity index (χ2v) is 5.82. The van der Waals surface area contributed by atoms with Gasteiger partial charge in [-0.05, 0) is 43.0 Å². The highest BCUT2D eigenvalue weighted by atomic mass is 35.5. The van der Waals surface area contributed by atoms with E-state index in [-0.39, 0.29) is 18.3 Å². The van der Waals surface area contributed by atoms with E-state index >= 15 is 0 Å². The molecular formula is C20H27ClN2O. The summed E-state index contributed by atoms with van der Waals surface area (Å²) in [5.74, 6) is 0.0956. The Balaban J connectivity index is 0.00000288. The third-order valence-electron chi connectivity index (χ3n) is 3.89. The van der Waals surface area contributed by atoms with Crippen LogP contribution in [0.1, 0.15) is 43.2 Å². The highest BCUT2D eigenvalue weighted by Gasteiger charge is 2.07. The van der Waals surface area contributed by atoms with Crippen LogP contribution in [0.2, 0.25) is 0 Å². The second-order valence-electron chi connectivity index (χ2n) is 5.82. The van der Waals surface area contributed by atoms with Crippen LogP contribution in [0.3, 0.4) is 0 Å². The van der Waals surface area contributed by atoms with E-state index in [9.17, 15) is 4.79 Å². The lowest BCUT2D eigenvalue weighted by Gasteiger charge is -2.11. The maximum absolute atomic E-state index is 12.1. The van der Waals surface area contributed by atoms with Crippen molar-refractivity contribution >= 4 is 24.0 Å². The summed E-state index contributed by atoms with van der Waals surface area (Å²) in [5.41, 5.74) is 8.79. The Morgan fingerprint density at radius 2 is 1.54 bits per heavy atom. The molecule has 0 radical (unpaired) electrons. The molecule has 0 aliphatic rings. The fourth-order valence-corrected chi connectivity index (χ4v) is 2.61. The fourth-order valence-electron chi connectivity index (χ4n) is 2.61. The molecule has 0 unspecified atom stereocenters. The number of nitrogens with two attached hydrogens (primary N) is 1. The zero-order valence-electron chi connectivity index (χ0n) is 14.0. The van der Waals surface area contributed by atoms with E-state index in [0.717, 1.165) is 49.9 Å². The van der Waals surface area contributed by atoms with E-state index in [1.807, 2.05) is 36.4 Å². The van der Waals surface area contributed by atoms with Crippen LogP contribution in [0, 0.1) is 0 Å². The lowest BCUT2D eigenvalue weighted by molar-refractivity contribution is -0.116. The molecule has 0 heterocycles. The number of hydrogen-bond donors (Lipinski definition) is 2. The molecule has 130 valence electrons. The van der Waals surface area contributed by atoms with E-state index in [1.54, 1.807) is 0 Å². The smallest absolute Gasteiger partial charge is 0.224 e. The number of carbonyl (C=O) groups is 1. The van der Waals surface area contributed by atoms with Crippen molar-refractivity contribution in [3.63, 3.8) is 0 Å². The summed E-state index contributed by atoms with van der Waals surface area (Å²) in [7, 11) is 0. The van der Waals surface area contributed by atoms with Crippen molar-refractivity contribution in [2.75, 3.05) is 11.9 Å². The predicted molar refractivity (Wildman–Crippen MR) is 104 cm³/mol. The molecule has 0 aliphatic carbocycles. The van der Waals surface area contributed by atoms with Gasteiger partial charge in [0.15, 0.2) is 0 Å². The topological polar surface area (TPSA) is 55.1 Å². The van der Waals surface area contributed by atoms with E-state index in [4.69, 9.17) is 5.73 Å². The first-order chi connectivity index (χ1) is 11.3. The largest absolute Gasteiger partial charge is 0.330 e. The number of unbranched alkanes of at least 4 members (excludes halogenated alkanes) is 3. The van der Waals surface area contributed by atoms with Gasteiger partial charge in [0.1, 0.15) is 0 Å². The Morgan fingerprint density at radius 3 is 2.29 bits per heavy atom. The van der Waals surface area contributed by atoms with Gasteiger partial charge >= 0.3 is 0 Å². The van der Waals surface area contributed by atoms with Crippen molar-refractivity contribution in [2.45, 2.75) is 38.5 Å². The summed E-state index contributed by atoms with van der Waals surface area (Å²) < 4.78 is 0. The fraction of sp³-hybridized carbons (Fsp3) is 0.350. The number of halogens is 1. The summed E-state index contributed by atoms with van der Waals surface area (Å²) >= 11 is 0. The van der Waals surface area contributed by atoms with Gasteiger partial charge in [-0.3, -0.25) is 4.79 Å². The Labute approximate surface area is 151 Å². The molecule has 0 saturated carbocycles. The molecule has 0 saturated heterocycles. The van der Waals surface area contributed by atoms with Gasteiger partial charge in [0.2, 0.25) is 5.91 Å². The molecule has 3 N–H and O–H groups in total. The Bertz CT molecular complexity index is 602. The molecule has 0 atom stereocenters. The second kappa shape index (κ2) is 11.7. The van der Waals surface area contributed by atoms with Gasteiger partial charge in [-0.15, -0.1) is 12.4 Å². The normalized spacial score (nSPS) is 10.0. The van der Waals surface area contributed by atoms with Crippen LogP contribution in [-0.2, 0) is 11.2 Å². The van der Waals surface area contributed by atoms with Crippen LogP contribution in [-0.4, -0.2) is 12.5 Å². The van der Waals surface area contributed by atoms with Crippen molar-refractivity contribution in [3.8, 4) is 0 Å². The number of rotatable bonds is 9. The average Bonchev–Trinajstić information content (AvgIpc) is 2.57. The minimum atomic E-state index is 0. The zero-order valence-corrected chi connectivity index (χ0v) is 14.9. The third-order valence-corrected chi connectivity index (χ3v) is 3.89. The number of hydrogen-bond acceptors (Lipinski definition) is 2. The molecule has 0 fully saturated rings. The SMILES string of the molecule is Cl.NCCCCCCC(=O)Nc1ccccc1Cc1ccccc1. The summed E-state index contributed by atoms with van der Waals surface area (Å²) in [6.45, 7) is 0.735. The van der Waals surface area contributed by atoms with Gasteiger partial charge in [-0.25, -0.2) is 0 Å². The quantitative estimate of drug-likeness (QED) is 0.654. The molecule has 3 nitrogen and oxygen atoms in total. The molecule has 2 rings (SSSR count). The molecule has 0 spiro atoms. The molecule has 0 aliphatic heterocycles.